The summed E-state index contributed by atoms with van der Waals surface area (Å²) in [5.41, 5.74) is 13.6. The minimum Gasteiger partial charge on any atom is -0.372 e. The van der Waals surface area contributed by atoms with Crippen molar-refractivity contribution in [2.75, 3.05) is 11.9 Å². The van der Waals surface area contributed by atoms with E-state index in [9.17, 15) is 0 Å². The summed E-state index contributed by atoms with van der Waals surface area (Å²) in [6, 6.07) is 18.1. The first-order valence-corrected chi connectivity index (χ1v) is 11.1. The van der Waals surface area contributed by atoms with Gasteiger partial charge in [-0.25, -0.2) is 4.57 Å². The largest absolute Gasteiger partial charge is 0.537 e. The van der Waals surface area contributed by atoms with Crippen molar-refractivity contribution >= 4 is 18.1 Å². The molecule has 0 atom stereocenters. The normalized spacial score (nSPS) is 13.7. The SMILES string of the molecule is Cc1cccc(C)c1B1N(C)c2cc(-c3c(C)cccc3C)cc3c2-c2n(cc[n+]21)C3. The van der Waals surface area contributed by atoms with E-state index in [1.807, 2.05) is 0 Å². The van der Waals surface area contributed by atoms with Gasteiger partial charge in [-0.3, -0.25) is 4.48 Å². The van der Waals surface area contributed by atoms with Gasteiger partial charge in [-0.05, 0) is 80.3 Å². The molecule has 3 heterocycles. The van der Waals surface area contributed by atoms with Crippen molar-refractivity contribution in [1.29, 1.82) is 0 Å². The zero-order valence-electron chi connectivity index (χ0n) is 18.9. The van der Waals surface area contributed by atoms with Crippen LogP contribution in [0.2, 0.25) is 0 Å². The van der Waals surface area contributed by atoms with Gasteiger partial charge in [0.05, 0.1) is 5.56 Å². The molecule has 0 N–H and O–H groups in total. The number of aromatic nitrogens is 2. The molecule has 3 aromatic carbocycles. The second-order valence-electron chi connectivity index (χ2n) is 9.24. The van der Waals surface area contributed by atoms with Crippen LogP contribution in [0.15, 0.2) is 60.9 Å². The Morgan fingerprint density at radius 2 is 1.48 bits per heavy atom. The lowest BCUT2D eigenvalue weighted by atomic mass is 9.60. The fraction of sp³-hybridized carbons (Fsp3) is 0.222. The molecule has 0 amide bonds. The standard InChI is InChI=1S/C27H27BN3/c1-17-8-6-9-18(2)24(17)21-14-22-16-30-12-13-31-27(30)25(22)23(15-21)29(5)28(31)26-19(3)10-7-11-20(26)4/h6-15H,16H2,1-5H3/q+1. The molecule has 2 aliphatic heterocycles. The van der Waals surface area contributed by atoms with Gasteiger partial charge in [-0.2, -0.15) is 0 Å². The summed E-state index contributed by atoms with van der Waals surface area (Å²) in [6.45, 7) is 10.0. The molecule has 31 heavy (non-hydrogen) atoms. The maximum atomic E-state index is 2.48. The molecule has 4 aromatic rings. The molecule has 6 rings (SSSR count). The maximum absolute atomic E-state index is 2.48. The van der Waals surface area contributed by atoms with E-state index in [1.54, 1.807) is 0 Å². The van der Waals surface area contributed by atoms with Crippen LogP contribution in [0, 0.1) is 27.7 Å². The molecule has 1 aromatic heterocycles. The Labute approximate surface area is 184 Å². The maximum Gasteiger partial charge on any atom is 0.537 e. The number of rotatable bonds is 2. The highest BCUT2D eigenvalue weighted by Crippen LogP contribution is 2.44. The zero-order valence-corrected chi connectivity index (χ0v) is 18.9. The summed E-state index contributed by atoms with van der Waals surface area (Å²) in [5.74, 6) is 1.34. The molecule has 0 unspecified atom stereocenters. The van der Waals surface area contributed by atoms with Crippen LogP contribution in [-0.2, 0) is 6.54 Å². The van der Waals surface area contributed by atoms with Gasteiger partial charge in [-0.15, -0.1) is 0 Å². The number of anilines is 1. The summed E-state index contributed by atoms with van der Waals surface area (Å²) >= 11 is 0. The van der Waals surface area contributed by atoms with Crippen molar-refractivity contribution in [3.63, 3.8) is 0 Å². The topological polar surface area (TPSA) is 12.1 Å². The van der Waals surface area contributed by atoms with E-state index in [4.69, 9.17) is 0 Å². The lowest BCUT2D eigenvalue weighted by Crippen LogP contribution is -2.70. The van der Waals surface area contributed by atoms with Gasteiger partial charge < -0.3 is 4.81 Å². The van der Waals surface area contributed by atoms with Gasteiger partial charge in [-0.1, -0.05) is 36.4 Å². The zero-order chi connectivity index (χ0) is 21.4. The van der Waals surface area contributed by atoms with E-state index < -0.39 is 0 Å². The average molecular weight is 404 g/mol. The molecule has 0 spiro atoms. The van der Waals surface area contributed by atoms with E-state index in [-0.39, 0.29) is 6.98 Å². The van der Waals surface area contributed by atoms with Crippen molar-refractivity contribution in [1.82, 2.24) is 4.57 Å². The lowest BCUT2D eigenvalue weighted by molar-refractivity contribution is -0.523. The van der Waals surface area contributed by atoms with Crippen LogP contribution in [0.25, 0.3) is 22.5 Å². The molecule has 0 saturated carbocycles. The van der Waals surface area contributed by atoms with Gasteiger partial charge >= 0.3 is 6.98 Å². The number of imidazole rings is 1. The number of hydrogen-bond acceptors (Lipinski definition) is 1. The van der Waals surface area contributed by atoms with Crippen molar-refractivity contribution in [3.05, 3.63) is 88.7 Å². The molecule has 0 saturated heterocycles. The summed E-state index contributed by atoms with van der Waals surface area (Å²) in [6.07, 6.45) is 4.51. The number of benzene rings is 3. The molecule has 0 fully saturated rings. The quantitative estimate of drug-likeness (QED) is 0.397. The Balaban J connectivity index is 1.63. The lowest BCUT2D eigenvalue weighted by Gasteiger charge is -2.32. The van der Waals surface area contributed by atoms with Gasteiger partial charge in [0.2, 0.25) is 0 Å². The Morgan fingerprint density at radius 1 is 0.839 bits per heavy atom. The smallest absolute Gasteiger partial charge is 0.372 e. The van der Waals surface area contributed by atoms with Crippen LogP contribution in [0.5, 0.6) is 0 Å². The highest BCUT2D eigenvalue weighted by atomic mass is 15.2. The third-order valence-corrected chi connectivity index (χ3v) is 7.27. The predicted octanol–water partition coefficient (Wildman–Crippen LogP) is 4.40. The first-order valence-electron chi connectivity index (χ1n) is 11.1. The first kappa shape index (κ1) is 18.5. The molecule has 3 nitrogen and oxygen atoms in total. The van der Waals surface area contributed by atoms with E-state index in [0.717, 1.165) is 6.54 Å². The Bertz CT molecular complexity index is 1340. The molecule has 0 radical (unpaired) electrons. The summed E-state index contributed by atoms with van der Waals surface area (Å²) in [5, 5.41) is 0. The van der Waals surface area contributed by atoms with Crippen LogP contribution in [0.3, 0.4) is 0 Å². The van der Waals surface area contributed by atoms with E-state index >= 15 is 0 Å². The van der Waals surface area contributed by atoms with E-state index in [1.165, 1.54) is 61.5 Å². The number of nitrogens with zero attached hydrogens (tertiary/aromatic N) is 3. The summed E-state index contributed by atoms with van der Waals surface area (Å²) in [7, 11) is 2.26. The van der Waals surface area contributed by atoms with E-state index in [0.29, 0.717) is 0 Å². The number of hydrogen-bond donors (Lipinski definition) is 0. The Morgan fingerprint density at radius 3 is 2.16 bits per heavy atom. The second kappa shape index (κ2) is 6.37. The van der Waals surface area contributed by atoms with Gasteiger partial charge in [0.25, 0.3) is 5.82 Å². The second-order valence-corrected chi connectivity index (χ2v) is 9.24. The molecular weight excluding hydrogens is 377 g/mol. The average Bonchev–Trinajstić information content (AvgIpc) is 3.29. The summed E-state index contributed by atoms with van der Waals surface area (Å²) < 4.78 is 4.88. The molecule has 2 aliphatic rings. The minimum absolute atomic E-state index is 0.157. The van der Waals surface area contributed by atoms with Gasteiger partial charge in [0.15, 0.2) is 0 Å². The first-order chi connectivity index (χ1) is 15.0. The third kappa shape index (κ3) is 2.45. The highest BCUT2D eigenvalue weighted by molar-refractivity contribution is 6.70. The summed E-state index contributed by atoms with van der Waals surface area (Å²) in [4.78, 5) is 2.48. The van der Waals surface area contributed by atoms with Crippen LogP contribution in [0.4, 0.5) is 5.69 Å². The Kier molecular flexibility index (Phi) is 3.80. The minimum atomic E-state index is 0.157. The predicted molar refractivity (Wildman–Crippen MR) is 129 cm³/mol. The monoisotopic (exact) mass is 404 g/mol. The van der Waals surface area contributed by atoms with Crippen molar-refractivity contribution < 1.29 is 4.48 Å². The molecule has 152 valence electrons. The Hall–Kier alpha value is -3.27. The van der Waals surface area contributed by atoms with Crippen LogP contribution >= 0.6 is 0 Å². The van der Waals surface area contributed by atoms with Gasteiger partial charge in [0.1, 0.15) is 18.9 Å². The molecule has 0 aliphatic carbocycles. The fourth-order valence-corrected chi connectivity index (χ4v) is 5.87. The van der Waals surface area contributed by atoms with E-state index in [2.05, 4.69) is 110 Å². The van der Waals surface area contributed by atoms with Crippen molar-refractivity contribution in [2.24, 2.45) is 0 Å². The van der Waals surface area contributed by atoms with Crippen LogP contribution < -0.4 is 14.8 Å². The fourth-order valence-electron chi connectivity index (χ4n) is 5.87. The highest BCUT2D eigenvalue weighted by Gasteiger charge is 2.47. The van der Waals surface area contributed by atoms with Crippen molar-refractivity contribution in [3.8, 4) is 22.5 Å². The van der Waals surface area contributed by atoms with Crippen molar-refractivity contribution in [2.45, 2.75) is 34.2 Å². The number of aryl methyl sites for hydroxylation is 4. The van der Waals surface area contributed by atoms with Crippen LogP contribution in [-0.4, -0.2) is 18.6 Å². The van der Waals surface area contributed by atoms with Gasteiger partial charge in [0, 0.05) is 16.7 Å². The van der Waals surface area contributed by atoms with Crippen LogP contribution in [0.1, 0.15) is 27.8 Å². The molecule has 4 heteroatoms. The molecule has 0 bridgehead atoms. The third-order valence-electron chi connectivity index (χ3n) is 7.27. The molecular formula is C27H27BN3+.